The van der Waals surface area contributed by atoms with Crippen LogP contribution in [0.3, 0.4) is 0 Å². The lowest BCUT2D eigenvalue weighted by Crippen LogP contribution is -2.56. The quantitative estimate of drug-likeness (QED) is 0.810. The Morgan fingerprint density at radius 1 is 1.17 bits per heavy atom. The average molecular weight is 253 g/mol. The van der Waals surface area contributed by atoms with Gasteiger partial charge >= 0.3 is 5.97 Å². The number of carbonyl (C=O) groups is 2. The lowest BCUT2D eigenvalue weighted by Gasteiger charge is -2.40. The minimum absolute atomic E-state index is 0.0376. The summed E-state index contributed by atoms with van der Waals surface area (Å²) in [6.45, 7) is 6.04. The fraction of sp³-hybridized carbons (Fsp3) is 0.857. The van der Waals surface area contributed by atoms with Crippen molar-refractivity contribution in [3.05, 3.63) is 0 Å². The molecule has 1 amide bonds. The molecule has 0 aromatic rings. The van der Waals surface area contributed by atoms with E-state index in [0.29, 0.717) is 6.42 Å². The van der Waals surface area contributed by atoms with Gasteiger partial charge in [0.2, 0.25) is 5.91 Å². The maximum absolute atomic E-state index is 12.2. The van der Waals surface area contributed by atoms with Gasteiger partial charge in [-0.2, -0.15) is 0 Å². The van der Waals surface area contributed by atoms with E-state index in [2.05, 4.69) is 19.2 Å². The summed E-state index contributed by atoms with van der Waals surface area (Å²) < 4.78 is 0. The van der Waals surface area contributed by atoms with Crippen molar-refractivity contribution in [2.24, 2.45) is 17.3 Å². The van der Waals surface area contributed by atoms with Crippen LogP contribution in [0.1, 0.15) is 52.9 Å². The van der Waals surface area contributed by atoms with Gasteiger partial charge in [0.25, 0.3) is 0 Å². The molecule has 2 aliphatic carbocycles. The maximum atomic E-state index is 12.2. The smallest absolute Gasteiger partial charge is 0.308 e. The van der Waals surface area contributed by atoms with Crippen LogP contribution in [-0.4, -0.2) is 22.5 Å². The molecule has 4 nitrogen and oxygen atoms in total. The highest BCUT2D eigenvalue weighted by Gasteiger charge is 2.53. The molecule has 0 aromatic heterocycles. The summed E-state index contributed by atoms with van der Waals surface area (Å²) in [7, 11) is 0. The summed E-state index contributed by atoms with van der Waals surface area (Å²) in [6.07, 6.45) is 4.28. The summed E-state index contributed by atoms with van der Waals surface area (Å²) in [5.74, 6) is -1.13. The predicted molar refractivity (Wildman–Crippen MR) is 68.0 cm³/mol. The second-order valence-corrected chi connectivity index (χ2v) is 6.79. The third kappa shape index (κ3) is 2.38. The fourth-order valence-electron chi connectivity index (χ4n) is 3.16. The van der Waals surface area contributed by atoms with Crippen molar-refractivity contribution in [1.82, 2.24) is 5.32 Å². The molecule has 3 atom stereocenters. The molecule has 2 saturated carbocycles. The number of aliphatic carboxylic acids is 1. The summed E-state index contributed by atoms with van der Waals surface area (Å²) in [5, 5.41) is 12.3. The Morgan fingerprint density at radius 2 is 1.78 bits per heavy atom. The van der Waals surface area contributed by atoms with Gasteiger partial charge in [-0.25, -0.2) is 0 Å². The van der Waals surface area contributed by atoms with Gasteiger partial charge in [0.05, 0.1) is 11.5 Å². The Balaban J connectivity index is 2.05. The molecule has 2 unspecified atom stereocenters. The monoisotopic (exact) mass is 253 g/mol. The molecule has 2 aliphatic rings. The van der Waals surface area contributed by atoms with Gasteiger partial charge in [-0.05, 0) is 31.6 Å². The Morgan fingerprint density at radius 3 is 2.28 bits per heavy atom. The molecule has 4 heteroatoms. The van der Waals surface area contributed by atoms with E-state index in [1.807, 2.05) is 6.92 Å². The van der Waals surface area contributed by atoms with E-state index >= 15 is 0 Å². The Labute approximate surface area is 108 Å². The molecule has 102 valence electrons. The first-order chi connectivity index (χ1) is 8.26. The van der Waals surface area contributed by atoms with Gasteiger partial charge in [0.1, 0.15) is 0 Å². The Hall–Kier alpha value is -1.06. The highest BCUT2D eigenvalue weighted by atomic mass is 16.4. The van der Waals surface area contributed by atoms with E-state index in [9.17, 15) is 14.7 Å². The summed E-state index contributed by atoms with van der Waals surface area (Å²) in [4.78, 5) is 23.5. The number of nitrogens with one attached hydrogen (secondary N) is 1. The van der Waals surface area contributed by atoms with E-state index in [-0.39, 0.29) is 17.2 Å². The molecule has 2 N–H and O–H groups in total. The number of carboxylic acid groups (broad SMARTS) is 1. The summed E-state index contributed by atoms with van der Waals surface area (Å²) in [5.41, 5.74) is -0.479. The second kappa shape index (κ2) is 4.25. The van der Waals surface area contributed by atoms with Gasteiger partial charge in [-0.15, -0.1) is 0 Å². The van der Waals surface area contributed by atoms with Crippen molar-refractivity contribution >= 4 is 11.9 Å². The van der Waals surface area contributed by atoms with Crippen LogP contribution in [-0.2, 0) is 9.59 Å². The lowest BCUT2D eigenvalue weighted by molar-refractivity contribution is -0.146. The molecule has 0 saturated heterocycles. The predicted octanol–water partition coefficient (Wildman–Crippen LogP) is 2.18. The van der Waals surface area contributed by atoms with Crippen LogP contribution < -0.4 is 5.32 Å². The van der Waals surface area contributed by atoms with Crippen molar-refractivity contribution in [2.75, 3.05) is 0 Å². The van der Waals surface area contributed by atoms with E-state index < -0.39 is 17.4 Å². The minimum Gasteiger partial charge on any atom is -0.481 e. The van der Waals surface area contributed by atoms with Crippen molar-refractivity contribution in [2.45, 2.75) is 58.4 Å². The first-order valence-electron chi connectivity index (χ1n) is 6.81. The largest absolute Gasteiger partial charge is 0.481 e. The highest BCUT2D eigenvalue weighted by molar-refractivity contribution is 5.84. The van der Waals surface area contributed by atoms with E-state index in [0.717, 1.165) is 25.7 Å². The van der Waals surface area contributed by atoms with Crippen LogP contribution in [0.2, 0.25) is 0 Å². The van der Waals surface area contributed by atoms with Crippen molar-refractivity contribution in [3.63, 3.8) is 0 Å². The third-order valence-corrected chi connectivity index (χ3v) is 4.74. The number of carbonyl (C=O) groups excluding carboxylic acids is 1. The fourth-order valence-corrected chi connectivity index (χ4v) is 3.16. The Bertz CT molecular complexity index is 377. The first-order valence-corrected chi connectivity index (χ1v) is 6.81. The molecular weight excluding hydrogens is 230 g/mol. The molecule has 0 bridgehead atoms. The van der Waals surface area contributed by atoms with Gasteiger partial charge in [-0.1, -0.05) is 26.7 Å². The molecule has 2 fully saturated rings. The number of hydrogen-bond acceptors (Lipinski definition) is 2. The van der Waals surface area contributed by atoms with Crippen molar-refractivity contribution in [1.29, 1.82) is 0 Å². The lowest BCUT2D eigenvalue weighted by atomic mass is 9.73. The molecule has 2 rings (SSSR count). The molecule has 0 radical (unpaired) electrons. The van der Waals surface area contributed by atoms with E-state index in [4.69, 9.17) is 0 Å². The summed E-state index contributed by atoms with van der Waals surface area (Å²) >= 11 is 0. The first kappa shape index (κ1) is 13.4. The zero-order valence-corrected chi connectivity index (χ0v) is 11.5. The zero-order valence-electron chi connectivity index (χ0n) is 11.5. The van der Waals surface area contributed by atoms with Crippen LogP contribution in [0.5, 0.6) is 0 Å². The van der Waals surface area contributed by atoms with Crippen LogP contribution in [0.4, 0.5) is 0 Å². The molecule has 0 heterocycles. The zero-order chi connectivity index (χ0) is 13.6. The Kier molecular flexibility index (Phi) is 3.16. The maximum Gasteiger partial charge on any atom is 0.308 e. The second-order valence-electron chi connectivity index (χ2n) is 6.79. The van der Waals surface area contributed by atoms with Crippen LogP contribution in [0.15, 0.2) is 0 Å². The van der Waals surface area contributed by atoms with Gasteiger partial charge < -0.3 is 10.4 Å². The van der Waals surface area contributed by atoms with Crippen LogP contribution >= 0.6 is 0 Å². The normalized spacial score (nSPS) is 37.9. The SMILES string of the molecule is CC1(NC(=O)[C@H]2CC2(C)C)CCCCC1C(=O)O. The van der Waals surface area contributed by atoms with Crippen molar-refractivity contribution < 1.29 is 14.7 Å². The summed E-state index contributed by atoms with van der Waals surface area (Å²) in [6, 6.07) is 0. The molecule has 0 aromatic carbocycles. The van der Waals surface area contributed by atoms with Crippen LogP contribution in [0, 0.1) is 17.3 Å². The molecule has 0 aliphatic heterocycles. The molecule has 18 heavy (non-hydrogen) atoms. The van der Waals surface area contributed by atoms with Gasteiger partial charge in [0.15, 0.2) is 0 Å². The standard InChI is InChI=1S/C14H23NO3/c1-13(2)8-10(13)11(16)15-14(3)7-5-4-6-9(14)12(17)18/h9-10H,4-8H2,1-3H3,(H,15,16)(H,17,18)/t9?,10-,14?/m1/s1. The molecular formula is C14H23NO3. The van der Waals surface area contributed by atoms with Gasteiger partial charge in [-0.3, -0.25) is 9.59 Å². The minimum atomic E-state index is -0.785. The number of amides is 1. The topological polar surface area (TPSA) is 66.4 Å². The van der Waals surface area contributed by atoms with E-state index in [1.165, 1.54) is 0 Å². The van der Waals surface area contributed by atoms with E-state index in [1.54, 1.807) is 0 Å². The number of carboxylic acids is 1. The average Bonchev–Trinajstić information content (AvgIpc) is 2.87. The number of rotatable bonds is 3. The van der Waals surface area contributed by atoms with Crippen LogP contribution in [0.25, 0.3) is 0 Å². The van der Waals surface area contributed by atoms with Gasteiger partial charge in [0, 0.05) is 5.92 Å². The molecule has 0 spiro atoms. The third-order valence-electron chi connectivity index (χ3n) is 4.74. The highest BCUT2D eigenvalue weighted by Crippen LogP contribution is 2.52. The van der Waals surface area contributed by atoms with Crippen molar-refractivity contribution in [3.8, 4) is 0 Å². The number of hydrogen-bond donors (Lipinski definition) is 2.